The van der Waals surface area contributed by atoms with Gasteiger partial charge in [0.2, 0.25) is 0 Å². The van der Waals surface area contributed by atoms with Crippen molar-refractivity contribution in [3.8, 4) is 11.5 Å². The maximum atomic E-state index is 6.21. The van der Waals surface area contributed by atoms with Crippen LogP contribution in [0.15, 0.2) is 89.9 Å². The molecule has 0 amide bonds. The summed E-state index contributed by atoms with van der Waals surface area (Å²) in [6.07, 6.45) is 0. The molecule has 0 radical (unpaired) electrons. The molecule has 0 saturated carbocycles. The fourth-order valence-electron chi connectivity index (χ4n) is 3.66. The molecular formula is C25H20N2O2. The van der Waals surface area contributed by atoms with E-state index >= 15 is 0 Å². The lowest BCUT2D eigenvalue weighted by Gasteiger charge is -2.21. The zero-order chi connectivity index (χ0) is 19.6. The molecule has 0 spiro atoms. The third kappa shape index (κ3) is 3.19. The summed E-state index contributed by atoms with van der Waals surface area (Å²) in [4.78, 5) is 4.89. The molecule has 0 bridgehead atoms. The Labute approximate surface area is 169 Å². The monoisotopic (exact) mass is 380 g/mol. The van der Waals surface area contributed by atoms with Gasteiger partial charge in [-0.25, -0.2) is 4.99 Å². The van der Waals surface area contributed by atoms with Gasteiger partial charge in [0.1, 0.15) is 12.4 Å². The Kier molecular flexibility index (Phi) is 4.37. The van der Waals surface area contributed by atoms with E-state index in [9.17, 15) is 0 Å². The highest BCUT2D eigenvalue weighted by atomic mass is 16.5. The number of hydrogen-bond acceptors (Lipinski definition) is 4. The van der Waals surface area contributed by atoms with Gasteiger partial charge >= 0.3 is 0 Å². The van der Waals surface area contributed by atoms with Gasteiger partial charge in [-0.1, -0.05) is 60.7 Å². The summed E-state index contributed by atoms with van der Waals surface area (Å²) in [7, 11) is 1.65. The number of benzene rings is 4. The molecule has 4 nitrogen and oxygen atoms in total. The Balaban J connectivity index is 1.58. The van der Waals surface area contributed by atoms with Crippen LogP contribution in [0.25, 0.3) is 10.8 Å². The quantitative estimate of drug-likeness (QED) is 0.466. The number of hydrogen-bond donors (Lipinski definition) is 1. The molecule has 0 saturated heterocycles. The minimum Gasteiger partial charge on any atom is -0.493 e. The smallest absolute Gasteiger partial charge is 0.172 e. The highest BCUT2D eigenvalue weighted by Crippen LogP contribution is 2.39. The first-order chi connectivity index (χ1) is 14.3. The van der Waals surface area contributed by atoms with E-state index < -0.39 is 0 Å². The molecule has 1 aliphatic heterocycles. The average molecular weight is 380 g/mol. The van der Waals surface area contributed by atoms with E-state index in [0.717, 1.165) is 33.7 Å². The second-order valence-electron chi connectivity index (χ2n) is 6.88. The van der Waals surface area contributed by atoms with Crippen molar-refractivity contribution in [1.82, 2.24) is 0 Å². The standard InChI is InChI=1S/C25H20N2O2/c1-28-22-15-7-12-19(24(22)29-16-17-8-3-2-4-9-17)25-26-20-13-5-10-18-11-6-14-21(27-25)23(18)20/h2-15H,16H2,1H3,(H,26,27). The summed E-state index contributed by atoms with van der Waals surface area (Å²) < 4.78 is 11.8. The Morgan fingerprint density at radius 1 is 0.828 bits per heavy atom. The summed E-state index contributed by atoms with van der Waals surface area (Å²) in [6.45, 7) is 0.452. The molecule has 0 atom stereocenters. The molecule has 4 aromatic carbocycles. The minimum atomic E-state index is 0.452. The van der Waals surface area contributed by atoms with Crippen molar-refractivity contribution in [2.75, 3.05) is 12.4 Å². The van der Waals surface area contributed by atoms with Crippen molar-refractivity contribution in [3.63, 3.8) is 0 Å². The van der Waals surface area contributed by atoms with E-state index in [0.29, 0.717) is 18.1 Å². The van der Waals surface area contributed by atoms with Crippen LogP contribution in [-0.2, 0) is 6.61 Å². The van der Waals surface area contributed by atoms with Crippen LogP contribution >= 0.6 is 0 Å². The SMILES string of the molecule is COc1cccc(C2=Nc3cccc4cccc(c34)N2)c1OCc1ccccc1. The summed E-state index contributed by atoms with van der Waals surface area (Å²) in [5.41, 5.74) is 3.95. The molecule has 1 N–H and O–H groups in total. The third-order valence-corrected chi connectivity index (χ3v) is 5.05. The van der Waals surface area contributed by atoms with Crippen molar-refractivity contribution < 1.29 is 9.47 Å². The van der Waals surface area contributed by atoms with Crippen LogP contribution in [-0.4, -0.2) is 12.9 Å². The molecule has 0 unspecified atom stereocenters. The van der Waals surface area contributed by atoms with Gasteiger partial charge in [-0.2, -0.15) is 0 Å². The number of methoxy groups -OCH3 is 1. The van der Waals surface area contributed by atoms with Gasteiger partial charge in [-0.3, -0.25) is 0 Å². The number of para-hydroxylation sites is 1. The van der Waals surface area contributed by atoms with E-state index in [2.05, 4.69) is 29.6 Å². The number of ether oxygens (including phenoxy) is 2. The normalized spacial score (nSPS) is 12.2. The molecule has 0 aliphatic carbocycles. The number of amidine groups is 1. The van der Waals surface area contributed by atoms with Gasteiger partial charge < -0.3 is 14.8 Å². The summed E-state index contributed by atoms with van der Waals surface area (Å²) in [5.74, 6) is 2.11. The van der Waals surface area contributed by atoms with Crippen molar-refractivity contribution >= 4 is 28.0 Å². The van der Waals surface area contributed by atoms with Crippen molar-refractivity contribution in [3.05, 3.63) is 96.1 Å². The van der Waals surface area contributed by atoms with E-state index in [1.54, 1.807) is 7.11 Å². The van der Waals surface area contributed by atoms with Gasteiger partial charge in [-0.05, 0) is 35.2 Å². The minimum absolute atomic E-state index is 0.452. The topological polar surface area (TPSA) is 42.8 Å². The summed E-state index contributed by atoms with van der Waals surface area (Å²) >= 11 is 0. The molecule has 0 fully saturated rings. The Morgan fingerprint density at radius 2 is 1.62 bits per heavy atom. The van der Waals surface area contributed by atoms with Gasteiger partial charge in [0.25, 0.3) is 0 Å². The highest BCUT2D eigenvalue weighted by Gasteiger charge is 2.20. The van der Waals surface area contributed by atoms with Crippen LogP contribution in [0.1, 0.15) is 11.1 Å². The second-order valence-corrected chi connectivity index (χ2v) is 6.88. The summed E-state index contributed by atoms with van der Waals surface area (Å²) in [5, 5.41) is 5.78. The van der Waals surface area contributed by atoms with Crippen LogP contribution in [0.3, 0.4) is 0 Å². The van der Waals surface area contributed by atoms with Gasteiger partial charge in [0, 0.05) is 11.1 Å². The first-order valence-electron chi connectivity index (χ1n) is 9.55. The lowest BCUT2D eigenvalue weighted by molar-refractivity contribution is 0.284. The molecule has 1 aliphatic rings. The first-order valence-corrected chi connectivity index (χ1v) is 9.55. The highest BCUT2D eigenvalue weighted by molar-refractivity contribution is 6.20. The lowest BCUT2D eigenvalue weighted by Crippen LogP contribution is -2.17. The van der Waals surface area contributed by atoms with Crippen molar-refractivity contribution in [2.24, 2.45) is 4.99 Å². The Morgan fingerprint density at radius 3 is 2.45 bits per heavy atom. The number of aliphatic imine (C=N–C) groups is 1. The lowest BCUT2D eigenvalue weighted by atomic mass is 10.0. The van der Waals surface area contributed by atoms with Crippen LogP contribution in [0.4, 0.5) is 11.4 Å². The zero-order valence-corrected chi connectivity index (χ0v) is 16.1. The van der Waals surface area contributed by atoms with Crippen LogP contribution in [0.2, 0.25) is 0 Å². The molecule has 4 aromatic rings. The molecule has 1 heterocycles. The van der Waals surface area contributed by atoms with Crippen molar-refractivity contribution in [2.45, 2.75) is 6.61 Å². The number of nitrogens with one attached hydrogen (secondary N) is 1. The fraction of sp³-hybridized carbons (Fsp3) is 0.0800. The number of anilines is 1. The van der Waals surface area contributed by atoms with Gasteiger partial charge in [-0.15, -0.1) is 0 Å². The predicted octanol–water partition coefficient (Wildman–Crippen LogP) is 5.93. The van der Waals surface area contributed by atoms with Gasteiger partial charge in [0.05, 0.1) is 18.4 Å². The van der Waals surface area contributed by atoms with Gasteiger partial charge in [0.15, 0.2) is 11.5 Å². The maximum Gasteiger partial charge on any atom is 0.172 e. The second kappa shape index (κ2) is 7.32. The number of rotatable bonds is 5. The largest absolute Gasteiger partial charge is 0.493 e. The first kappa shape index (κ1) is 17.3. The van der Waals surface area contributed by atoms with Crippen molar-refractivity contribution in [1.29, 1.82) is 0 Å². The molecule has 0 aromatic heterocycles. The summed E-state index contributed by atoms with van der Waals surface area (Å²) in [6, 6.07) is 28.4. The van der Waals surface area contributed by atoms with Crippen LogP contribution in [0, 0.1) is 0 Å². The third-order valence-electron chi connectivity index (χ3n) is 5.05. The Bertz CT molecular complexity index is 1210. The zero-order valence-electron chi connectivity index (χ0n) is 16.1. The average Bonchev–Trinajstić information content (AvgIpc) is 2.78. The Hall–Kier alpha value is -3.79. The van der Waals surface area contributed by atoms with E-state index in [1.165, 1.54) is 5.39 Å². The molecule has 5 rings (SSSR count). The molecule has 142 valence electrons. The van der Waals surface area contributed by atoms with E-state index in [1.807, 2.05) is 60.7 Å². The predicted molar refractivity (Wildman–Crippen MR) is 118 cm³/mol. The number of nitrogens with zero attached hydrogens (tertiary/aromatic N) is 1. The molecule has 4 heteroatoms. The van der Waals surface area contributed by atoms with Crippen LogP contribution < -0.4 is 14.8 Å². The fourth-order valence-corrected chi connectivity index (χ4v) is 3.66. The molecule has 29 heavy (non-hydrogen) atoms. The maximum absolute atomic E-state index is 6.21. The molecular weight excluding hydrogens is 360 g/mol. The van der Waals surface area contributed by atoms with E-state index in [-0.39, 0.29) is 0 Å². The van der Waals surface area contributed by atoms with Crippen LogP contribution in [0.5, 0.6) is 11.5 Å². The van der Waals surface area contributed by atoms with E-state index in [4.69, 9.17) is 14.5 Å².